The minimum atomic E-state index is -5.17. The molecule has 1 aromatic heterocycles. The molecule has 2 heterocycles. The average molecular weight is 431 g/mol. The molecule has 2 rings (SSSR count). The van der Waals surface area contributed by atoms with Crippen molar-refractivity contribution in [2.75, 3.05) is 6.61 Å². The van der Waals surface area contributed by atoms with Crippen LogP contribution in [0.4, 0.5) is 0 Å². The molecule has 1 saturated heterocycles. The Labute approximate surface area is 182 Å². The Hall–Kier alpha value is 1.19. The van der Waals surface area contributed by atoms with Gasteiger partial charge >= 0.3 is 64.8 Å². The van der Waals surface area contributed by atoms with Crippen molar-refractivity contribution in [2.24, 2.45) is 0 Å². The number of phosphoric acid groups is 1. The second kappa shape index (κ2) is 9.77. The molecule has 0 spiro atoms. The minimum Gasteiger partial charge on any atom is -0.790 e. The Morgan fingerprint density at radius 1 is 1.48 bits per heavy atom. The molecule has 3 unspecified atom stereocenters. The topological polar surface area (TPSA) is 157 Å². The van der Waals surface area contributed by atoms with Crippen LogP contribution in [-0.2, 0) is 13.8 Å². The van der Waals surface area contributed by atoms with E-state index in [1.807, 2.05) is 4.98 Å². The van der Waals surface area contributed by atoms with Crippen LogP contribution in [0.2, 0.25) is 0 Å². The summed E-state index contributed by atoms with van der Waals surface area (Å²) in [7, 11) is -5.17. The third-order valence-corrected chi connectivity index (χ3v) is 3.87. The fourth-order valence-electron chi connectivity index (χ4n) is 1.88. The van der Waals surface area contributed by atoms with Crippen LogP contribution in [0.5, 0.6) is 0 Å². The number of aromatic nitrogens is 2. The number of nitrogens with one attached hydrogen (secondary N) is 1. The predicted molar refractivity (Wildman–Crippen MR) is 67.1 cm³/mol. The van der Waals surface area contributed by atoms with E-state index < -0.39 is 44.1 Å². The van der Waals surface area contributed by atoms with Crippen LogP contribution < -0.4 is 80.2 Å². The van der Waals surface area contributed by atoms with Crippen LogP contribution in [0.15, 0.2) is 20.3 Å². The van der Waals surface area contributed by atoms with E-state index in [1.165, 1.54) is 6.20 Å². The summed E-state index contributed by atoms with van der Waals surface area (Å²) < 4.78 is 20.8. The number of phosphoric ester groups is 1. The van der Waals surface area contributed by atoms with Crippen molar-refractivity contribution in [3.05, 3.63) is 31.5 Å². The number of nitrogens with zero attached hydrogens (tertiary/aromatic N) is 1. The number of aliphatic hydroxyl groups excluding tert-OH is 1. The summed E-state index contributed by atoms with van der Waals surface area (Å²) in [5.41, 5.74) is -1.37. The Morgan fingerprint density at radius 2 is 2.09 bits per heavy atom. The van der Waals surface area contributed by atoms with E-state index in [0.29, 0.717) is 0 Å². The molecular formula is C9H10BrN2Na2O8P. The van der Waals surface area contributed by atoms with Gasteiger partial charge in [0, 0.05) is 12.6 Å². The van der Waals surface area contributed by atoms with E-state index in [-0.39, 0.29) is 70.0 Å². The monoisotopic (exact) mass is 430 g/mol. The first-order valence-electron chi connectivity index (χ1n) is 5.68. The van der Waals surface area contributed by atoms with Crippen LogP contribution in [0.25, 0.3) is 0 Å². The fourth-order valence-corrected chi connectivity index (χ4v) is 2.52. The molecule has 118 valence electrons. The number of hydrogen-bond acceptors (Lipinski definition) is 8. The van der Waals surface area contributed by atoms with Gasteiger partial charge in [-0.15, -0.1) is 0 Å². The van der Waals surface area contributed by atoms with E-state index in [4.69, 9.17) is 4.74 Å². The predicted octanol–water partition coefficient (Wildman–Crippen LogP) is -8.20. The van der Waals surface area contributed by atoms with Crippen molar-refractivity contribution in [3.63, 3.8) is 0 Å². The SMILES string of the molecule is O=c1[nH]c(=O)n(C2CC(O)C(COP(=O)([O-])[O-])O2)cc1Br.[Na+].[Na+]. The van der Waals surface area contributed by atoms with E-state index in [1.54, 1.807) is 0 Å². The molecule has 0 amide bonds. The summed E-state index contributed by atoms with van der Waals surface area (Å²) in [6.07, 6.45) is -1.97. The summed E-state index contributed by atoms with van der Waals surface area (Å²) in [6.45, 7) is -0.652. The summed E-state index contributed by atoms with van der Waals surface area (Å²) in [6, 6.07) is 0. The molecule has 23 heavy (non-hydrogen) atoms. The second-order valence-corrected chi connectivity index (χ2v) is 6.33. The average Bonchev–Trinajstić information content (AvgIpc) is 2.72. The zero-order valence-electron chi connectivity index (χ0n) is 12.3. The quantitative estimate of drug-likeness (QED) is 0.352. The molecule has 0 aliphatic carbocycles. The van der Waals surface area contributed by atoms with Crippen molar-refractivity contribution in [3.8, 4) is 0 Å². The standard InChI is InChI=1S/C9H12BrN2O8P.2Na/c10-4-2-12(9(15)11-8(4)14)7-1-5(13)6(20-7)3-19-21(16,17)18;;/h2,5-7,13H,1,3H2,(H,11,14,15)(H2,16,17,18);;/q;2*+1/p-2. The van der Waals surface area contributed by atoms with Crippen LogP contribution in [0, 0.1) is 0 Å². The van der Waals surface area contributed by atoms with Gasteiger partial charge in [0.15, 0.2) is 0 Å². The van der Waals surface area contributed by atoms with Crippen LogP contribution in [-0.4, -0.2) is 33.5 Å². The third kappa shape index (κ3) is 6.78. The summed E-state index contributed by atoms with van der Waals surface area (Å²) in [5.74, 6) is 0. The molecule has 0 bridgehead atoms. The maximum Gasteiger partial charge on any atom is 1.00 e. The Morgan fingerprint density at radius 3 is 2.65 bits per heavy atom. The first-order chi connectivity index (χ1) is 9.67. The Kier molecular flexibility index (Phi) is 10.3. The van der Waals surface area contributed by atoms with Crippen LogP contribution in [0.1, 0.15) is 12.6 Å². The molecule has 1 fully saturated rings. The van der Waals surface area contributed by atoms with Crippen LogP contribution in [0.3, 0.4) is 0 Å². The number of hydrogen-bond donors (Lipinski definition) is 2. The van der Waals surface area contributed by atoms with Crippen molar-refractivity contribution in [1.82, 2.24) is 9.55 Å². The Balaban J connectivity index is 0.00000242. The second-order valence-electron chi connectivity index (χ2n) is 4.32. The van der Waals surface area contributed by atoms with Crippen molar-refractivity contribution < 1.29 is 87.8 Å². The molecule has 0 saturated carbocycles. The number of aromatic amines is 1. The smallest absolute Gasteiger partial charge is 0.790 e. The maximum atomic E-state index is 11.7. The van der Waals surface area contributed by atoms with Crippen molar-refractivity contribution in [1.29, 1.82) is 0 Å². The molecule has 14 heteroatoms. The summed E-state index contributed by atoms with van der Waals surface area (Å²) in [5, 5.41) is 9.73. The van der Waals surface area contributed by atoms with Crippen molar-refractivity contribution >= 4 is 23.8 Å². The number of H-pyrrole nitrogens is 1. The van der Waals surface area contributed by atoms with E-state index in [0.717, 1.165) is 4.57 Å². The minimum absolute atomic E-state index is 0. The summed E-state index contributed by atoms with van der Waals surface area (Å²) in [4.78, 5) is 45.7. The largest absolute Gasteiger partial charge is 1.00 e. The molecule has 1 aromatic rings. The van der Waals surface area contributed by atoms with E-state index in [2.05, 4.69) is 20.5 Å². The van der Waals surface area contributed by atoms with Gasteiger partial charge in [0.2, 0.25) is 0 Å². The first-order valence-corrected chi connectivity index (χ1v) is 7.94. The molecule has 1 aliphatic heterocycles. The molecular weight excluding hydrogens is 421 g/mol. The van der Waals surface area contributed by atoms with E-state index in [9.17, 15) is 29.0 Å². The van der Waals surface area contributed by atoms with Gasteiger partial charge in [-0.05, 0) is 15.9 Å². The zero-order chi connectivity index (χ0) is 15.8. The zero-order valence-corrected chi connectivity index (χ0v) is 18.8. The number of rotatable bonds is 4. The molecule has 0 aromatic carbocycles. The number of halogens is 1. The summed E-state index contributed by atoms with van der Waals surface area (Å²) >= 11 is 2.95. The molecule has 0 radical (unpaired) electrons. The molecule has 3 atom stereocenters. The fraction of sp³-hybridized carbons (Fsp3) is 0.556. The van der Waals surface area contributed by atoms with Gasteiger partial charge in [-0.25, -0.2) is 4.79 Å². The van der Waals surface area contributed by atoms with Crippen molar-refractivity contribution in [2.45, 2.75) is 24.9 Å². The van der Waals surface area contributed by atoms with Crippen LogP contribution >= 0.6 is 23.8 Å². The van der Waals surface area contributed by atoms with Gasteiger partial charge < -0.3 is 28.7 Å². The molecule has 1 aliphatic rings. The number of aliphatic hydroxyl groups is 1. The third-order valence-electron chi connectivity index (χ3n) is 2.84. The van der Waals surface area contributed by atoms with Gasteiger partial charge in [0.25, 0.3) is 5.56 Å². The Bertz CT molecular complexity index is 691. The van der Waals surface area contributed by atoms with Gasteiger partial charge in [0.1, 0.15) is 12.3 Å². The molecule has 10 nitrogen and oxygen atoms in total. The molecule has 2 N–H and O–H groups in total. The van der Waals surface area contributed by atoms with Gasteiger partial charge in [-0.3, -0.25) is 14.3 Å². The normalized spacial score (nSPS) is 23.9. The van der Waals surface area contributed by atoms with Gasteiger partial charge in [0.05, 0.1) is 25.0 Å². The van der Waals surface area contributed by atoms with E-state index >= 15 is 0 Å². The maximum absolute atomic E-state index is 11.7. The first kappa shape index (κ1) is 24.2. The number of ether oxygens (including phenoxy) is 1. The van der Waals surface area contributed by atoms with Gasteiger partial charge in [-0.2, -0.15) is 0 Å². The van der Waals surface area contributed by atoms with Gasteiger partial charge in [-0.1, -0.05) is 0 Å².